The topological polar surface area (TPSA) is 49.9 Å². The van der Waals surface area contributed by atoms with Crippen LogP contribution in [-0.2, 0) is 15.0 Å². The maximum Gasteiger partial charge on any atom is 0.260 e. The number of fused-ring (bicyclic) bond motifs is 2. The van der Waals surface area contributed by atoms with Crippen molar-refractivity contribution in [2.24, 2.45) is 0 Å². The molecule has 1 fully saturated rings. The van der Waals surface area contributed by atoms with Crippen molar-refractivity contribution in [1.29, 1.82) is 0 Å². The molecule has 27 heavy (non-hydrogen) atoms. The molecule has 5 nitrogen and oxygen atoms in total. The zero-order valence-electron chi connectivity index (χ0n) is 15.8. The minimum atomic E-state index is -0.486. The zero-order chi connectivity index (χ0) is 19.0. The molecule has 2 aliphatic rings. The van der Waals surface area contributed by atoms with Gasteiger partial charge in [0, 0.05) is 25.8 Å². The van der Waals surface area contributed by atoms with Crippen LogP contribution in [0.3, 0.4) is 0 Å². The Labute approximate surface area is 159 Å². The smallest absolute Gasteiger partial charge is 0.260 e. The molecule has 0 atom stereocenters. The van der Waals surface area contributed by atoms with E-state index >= 15 is 0 Å². The average molecular weight is 364 g/mol. The van der Waals surface area contributed by atoms with Gasteiger partial charge in [-0.1, -0.05) is 35.9 Å². The molecule has 0 bridgehead atoms. The molecule has 2 heterocycles. The van der Waals surface area contributed by atoms with Gasteiger partial charge in [-0.25, -0.2) is 0 Å². The molecule has 0 unspecified atom stereocenters. The van der Waals surface area contributed by atoms with Crippen molar-refractivity contribution < 1.29 is 14.3 Å². The lowest BCUT2D eigenvalue weighted by Crippen LogP contribution is -2.50. The van der Waals surface area contributed by atoms with Crippen molar-refractivity contribution in [3.8, 4) is 5.75 Å². The minimum absolute atomic E-state index is 0.0283. The van der Waals surface area contributed by atoms with Crippen LogP contribution in [0.25, 0.3) is 0 Å². The highest BCUT2D eigenvalue weighted by atomic mass is 16.5. The molecule has 0 saturated carbocycles. The van der Waals surface area contributed by atoms with E-state index in [4.69, 9.17) is 4.74 Å². The summed E-state index contributed by atoms with van der Waals surface area (Å²) in [7, 11) is 1.84. The highest BCUT2D eigenvalue weighted by Crippen LogP contribution is 2.47. The fraction of sp³-hybridized carbons (Fsp3) is 0.364. The number of amides is 2. The molecule has 2 aromatic rings. The average Bonchev–Trinajstić information content (AvgIpc) is 2.90. The van der Waals surface area contributed by atoms with Crippen molar-refractivity contribution in [2.75, 3.05) is 31.6 Å². The first-order valence-electron chi connectivity index (χ1n) is 9.36. The molecule has 0 radical (unpaired) electrons. The van der Waals surface area contributed by atoms with E-state index in [2.05, 4.69) is 6.07 Å². The quantitative estimate of drug-likeness (QED) is 0.841. The van der Waals surface area contributed by atoms with Gasteiger partial charge >= 0.3 is 0 Å². The van der Waals surface area contributed by atoms with Crippen LogP contribution in [0.2, 0.25) is 0 Å². The SMILES string of the molecule is Cc1ccc(OCC(=O)N2CCC3(CC2)C(=O)N(C)c2ccccc23)cc1. The molecule has 5 heteroatoms. The van der Waals surface area contributed by atoms with Crippen LogP contribution in [0.4, 0.5) is 5.69 Å². The third-order valence-corrected chi connectivity index (χ3v) is 5.85. The van der Waals surface area contributed by atoms with Gasteiger partial charge in [-0.3, -0.25) is 9.59 Å². The fourth-order valence-electron chi connectivity index (χ4n) is 4.21. The Bertz CT molecular complexity index is 867. The predicted octanol–water partition coefficient (Wildman–Crippen LogP) is 2.91. The van der Waals surface area contributed by atoms with Crippen LogP contribution in [0.1, 0.15) is 24.0 Å². The second-order valence-corrected chi connectivity index (χ2v) is 7.45. The summed E-state index contributed by atoms with van der Waals surface area (Å²) in [6.07, 6.45) is 1.31. The Morgan fingerprint density at radius 1 is 1.07 bits per heavy atom. The summed E-state index contributed by atoms with van der Waals surface area (Å²) in [6.45, 7) is 3.19. The number of carbonyl (C=O) groups is 2. The summed E-state index contributed by atoms with van der Waals surface area (Å²) < 4.78 is 5.62. The molecule has 2 amide bonds. The molecular formula is C22H24N2O3. The summed E-state index contributed by atoms with van der Waals surface area (Å²) in [5, 5.41) is 0. The number of ether oxygens (including phenoxy) is 1. The molecule has 2 aliphatic heterocycles. The van der Waals surface area contributed by atoms with Gasteiger partial charge in [0.2, 0.25) is 5.91 Å². The molecule has 2 aromatic carbocycles. The van der Waals surface area contributed by atoms with Crippen LogP contribution < -0.4 is 9.64 Å². The highest BCUT2D eigenvalue weighted by molar-refractivity contribution is 6.07. The lowest BCUT2D eigenvalue weighted by molar-refractivity contribution is -0.137. The third-order valence-electron chi connectivity index (χ3n) is 5.85. The van der Waals surface area contributed by atoms with Gasteiger partial charge in [0.1, 0.15) is 5.75 Å². The summed E-state index contributed by atoms with van der Waals surface area (Å²) in [5.41, 5.74) is 2.76. The number of hydrogen-bond acceptors (Lipinski definition) is 3. The Kier molecular flexibility index (Phi) is 4.38. The first-order valence-corrected chi connectivity index (χ1v) is 9.36. The maximum absolute atomic E-state index is 13.0. The van der Waals surface area contributed by atoms with Crippen molar-refractivity contribution in [3.63, 3.8) is 0 Å². The first kappa shape index (κ1) is 17.6. The normalized spacial score (nSPS) is 17.9. The van der Waals surface area contributed by atoms with Gasteiger partial charge in [-0.2, -0.15) is 0 Å². The molecule has 1 spiro atoms. The van der Waals surface area contributed by atoms with Crippen molar-refractivity contribution in [2.45, 2.75) is 25.2 Å². The number of likely N-dealkylation sites (tertiary alicyclic amines) is 1. The van der Waals surface area contributed by atoms with Crippen molar-refractivity contribution >= 4 is 17.5 Å². The second kappa shape index (κ2) is 6.72. The standard InChI is InChI=1S/C22H24N2O3/c1-16-7-9-17(10-8-16)27-15-20(25)24-13-11-22(12-14-24)18-5-3-4-6-19(18)23(2)21(22)26/h3-10H,11-15H2,1-2H3. The van der Waals surface area contributed by atoms with E-state index in [9.17, 15) is 9.59 Å². The molecule has 1 saturated heterocycles. The van der Waals surface area contributed by atoms with Gasteiger partial charge in [-0.15, -0.1) is 0 Å². The predicted molar refractivity (Wildman–Crippen MR) is 104 cm³/mol. The molecule has 0 aliphatic carbocycles. The van der Waals surface area contributed by atoms with E-state index < -0.39 is 5.41 Å². The van der Waals surface area contributed by atoms with Crippen molar-refractivity contribution in [3.05, 3.63) is 59.7 Å². The number of anilines is 1. The summed E-state index contributed by atoms with van der Waals surface area (Å²) in [4.78, 5) is 29.1. The number of nitrogens with zero attached hydrogens (tertiary/aromatic N) is 2. The van der Waals surface area contributed by atoms with E-state index in [0.717, 1.165) is 16.8 Å². The van der Waals surface area contributed by atoms with Crippen LogP contribution in [0.5, 0.6) is 5.75 Å². The van der Waals surface area contributed by atoms with Gasteiger partial charge in [-0.05, 0) is 43.5 Å². The lowest BCUT2D eigenvalue weighted by atomic mass is 9.73. The Hall–Kier alpha value is -2.82. The van der Waals surface area contributed by atoms with E-state index in [1.807, 2.05) is 61.3 Å². The summed E-state index contributed by atoms with van der Waals surface area (Å²) in [5.74, 6) is 0.813. The highest BCUT2D eigenvalue weighted by Gasteiger charge is 2.51. The van der Waals surface area contributed by atoms with Crippen LogP contribution in [-0.4, -0.2) is 43.5 Å². The van der Waals surface area contributed by atoms with Crippen LogP contribution in [0, 0.1) is 6.92 Å². The molecule has 0 N–H and O–H groups in total. The monoisotopic (exact) mass is 364 g/mol. The van der Waals surface area contributed by atoms with Gasteiger partial charge in [0.25, 0.3) is 5.91 Å². The molecule has 0 aromatic heterocycles. The van der Waals surface area contributed by atoms with E-state index in [1.165, 1.54) is 0 Å². The van der Waals surface area contributed by atoms with E-state index in [1.54, 1.807) is 4.90 Å². The van der Waals surface area contributed by atoms with Gasteiger partial charge < -0.3 is 14.5 Å². The number of piperidine rings is 1. The molecular weight excluding hydrogens is 340 g/mol. The number of benzene rings is 2. The zero-order valence-corrected chi connectivity index (χ0v) is 15.8. The minimum Gasteiger partial charge on any atom is -0.484 e. The molecule has 140 valence electrons. The van der Waals surface area contributed by atoms with Gasteiger partial charge in [0.05, 0.1) is 5.41 Å². The van der Waals surface area contributed by atoms with E-state index in [0.29, 0.717) is 31.7 Å². The largest absolute Gasteiger partial charge is 0.484 e. The fourth-order valence-corrected chi connectivity index (χ4v) is 4.21. The van der Waals surface area contributed by atoms with Crippen LogP contribution >= 0.6 is 0 Å². The first-order chi connectivity index (χ1) is 13.0. The number of likely N-dealkylation sites (N-methyl/N-ethyl adjacent to an activating group) is 1. The summed E-state index contributed by atoms with van der Waals surface area (Å²) in [6, 6.07) is 15.7. The van der Waals surface area contributed by atoms with Crippen LogP contribution in [0.15, 0.2) is 48.5 Å². The third kappa shape index (κ3) is 2.97. The molecule has 4 rings (SSSR count). The lowest BCUT2D eigenvalue weighted by Gasteiger charge is -2.38. The number of para-hydroxylation sites is 1. The summed E-state index contributed by atoms with van der Waals surface area (Å²) >= 11 is 0. The maximum atomic E-state index is 13.0. The second-order valence-electron chi connectivity index (χ2n) is 7.45. The Morgan fingerprint density at radius 2 is 1.74 bits per heavy atom. The Balaban J connectivity index is 1.41. The van der Waals surface area contributed by atoms with E-state index in [-0.39, 0.29) is 18.4 Å². The number of aryl methyl sites for hydroxylation is 1. The number of rotatable bonds is 3. The van der Waals surface area contributed by atoms with Crippen molar-refractivity contribution in [1.82, 2.24) is 4.90 Å². The number of carbonyl (C=O) groups excluding carboxylic acids is 2. The van der Waals surface area contributed by atoms with Gasteiger partial charge in [0.15, 0.2) is 6.61 Å². The number of hydrogen-bond donors (Lipinski definition) is 0. The Morgan fingerprint density at radius 3 is 2.44 bits per heavy atom.